The Hall–Kier alpha value is -2.49. The molecule has 0 fully saturated rings. The number of aliphatic imine (C=N–C) groups is 3. The maximum absolute atomic E-state index is 11.0. The van der Waals surface area contributed by atoms with Gasteiger partial charge in [-0.05, 0) is 6.08 Å². The minimum atomic E-state index is -2.63. The first-order valence-electron chi connectivity index (χ1n) is 3.69. The van der Waals surface area contributed by atoms with Gasteiger partial charge in [0.25, 0.3) is 0 Å². The molecule has 1 unspecified atom stereocenters. The van der Waals surface area contributed by atoms with E-state index in [0.717, 1.165) is 18.2 Å². The molecule has 0 bridgehead atoms. The summed E-state index contributed by atoms with van der Waals surface area (Å²) in [7, 11) is 0. The molecule has 0 spiro atoms. The molecule has 0 aromatic rings. The number of rotatable bonds is 6. The number of carbonyl (C=O) groups is 1. The highest BCUT2D eigenvalue weighted by atomic mass is 16.3. The van der Waals surface area contributed by atoms with Crippen LogP contribution in [0.1, 0.15) is 0 Å². The molecule has 0 radical (unpaired) electrons. The fourth-order valence-corrected chi connectivity index (χ4v) is 0.762. The van der Waals surface area contributed by atoms with Crippen molar-refractivity contribution in [1.29, 1.82) is 0 Å². The van der Waals surface area contributed by atoms with Crippen molar-refractivity contribution >= 4 is 24.0 Å². The van der Waals surface area contributed by atoms with Gasteiger partial charge in [-0.1, -0.05) is 6.58 Å². The lowest BCUT2D eigenvalue weighted by Crippen LogP contribution is -2.42. The van der Waals surface area contributed by atoms with Crippen LogP contribution < -0.4 is 0 Å². The number of hydrogen-bond donors (Lipinski definition) is 1. The predicted molar refractivity (Wildman–Crippen MR) is 48.3 cm³/mol. The second kappa shape index (κ2) is 6.08. The fourth-order valence-electron chi connectivity index (χ4n) is 0.762. The molecule has 0 rings (SSSR count). The summed E-state index contributed by atoms with van der Waals surface area (Å²) in [6, 6.07) is 0. The van der Waals surface area contributed by atoms with E-state index in [0.29, 0.717) is 6.08 Å². The molecule has 0 aliphatic rings. The molecule has 0 heterocycles. The normalized spacial score (nSPS) is 14.1. The lowest BCUT2D eigenvalue weighted by Gasteiger charge is -2.19. The highest BCUT2D eigenvalue weighted by Gasteiger charge is 2.42. The molecule has 1 atom stereocenters. The van der Waals surface area contributed by atoms with Crippen molar-refractivity contribution in [1.82, 2.24) is 0 Å². The van der Waals surface area contributed by atoms with Gasteiger partial charge in [-0.25, -0.2) is 14.4 Å². The largest absolute Gasteiger partial charge is 0.379 e. The van der Waals surface area contributed by atoms with E-state index in [1.165, 1.54) is 0 Å². The van der Waals surface area contributed by atoms with Gasteiger partial charge in [0.05, 0.1) is 0 Å². The summed E-state index contributed by atoms with van der Waals surface area (Å²) in [4.78, 5) is 49.7. The van der Waals surface area contributed by atoms with Crippen molar-refractivity contribution in [3.63, 3.8) is 0 Å². The zero-order valence-electron chi connectivity index (χ0n) is 7.78. The van der Waals surface area contributed by atoms with Crippen molar-refractivity contribution in [2.24, 2.45) is 15.0 Å². The number of aliphatic hydroxyl groups is 1. The SMILES string of the molecule is C=CC(=O)C(O)C(N=C=O)(N=C=O)N=C=O. The summed E-state index contributed by atoms with van der Waals surface area (Å²) in [5.74, 6) is -3.67. The molecule has 0 saturated carbocycles. The van der Waals surface area contributed by atoms with Gasteiger partial charge in [-0.2, -0.15) is 0 Å². The molecule has 8 nitrogen and oxygen atoms in total. The van der Waals surface area contributed by atoms with Crippen molar-refractivity contribution in [3.8, 4) is 0 Å². The smallest absolute Gasteiger partial charge is 0.310 e. The topological polar surface area (TPSA) is 126 Å². The first-order chi connectivity index (χ1) is 7.57. The predicted octanol–water partition coefficient (Wildman–Crippen LogP) is -1.24. The first kappa shape index (κ1) is 13.5. The number of isocyanates is 3. The van der Waals surface area contributed by atoms with E-state index in [2.05, 4.69) is 21.6 Å². The fraction of sp³-hybridized carbons (Fsp3) is 0.250. The summed E-state index contributed by atoms with van der Waals surface area (Å²) in [5.41, 5.74) is 0. The summed E-state index contributed by atoms with van der Waals surface area (Å²) < 4.78 is 0. The molecule has 16 heavy (non-hydrogen) atoms. The quantitative estimate of drug-likeness (QED) is 0.342. The Morgan fingerprint density at radius 2 is 1.56 bits per heavy atom. The minimum Gasteiger partial charge on any atom is -0.379 e. The summed E-state index contributed by atoms with van der Waals surface area (Å²) >= 11 is 0. The lowest BCUT2D eigenvalue weighted by atomic mass is 10.1. The Labute approximate surface area is 88.7 Å². The van der Waals surface area contributed by atoms with Crippen LogP contribution >= 0.6 is 0 Å². The molecule has 1 N–H and O–H groups in total. The average molecular weight is 223 g/mol. The van der Waals surface area contributed by atoms with Gasteiger partial charge in [0, 0.05) is 0 Å². The third-order valence-corrected chi connectivity index (χ3v) is 1.47. The first-order valence-corrected chi connectivity index (χ1v) is 3.69. The molecule has 0 saturated heterocycles. The standard InChI is InChI=1S/C8H5N3O5/c1-2-6(15)7(16)8(9-3-12,10-4-13)11-5-14/h2,7,16H,1H2. The van der Waals surface area contributed by atoms with Crippen molar-refractivity contribution in [3.05, 3.63) is 12.7 Å². The maximum Gasteiger partial charge on any atom is 0.310 e. The maximum atomic E-state index is 11.0. The van der Waals surface area contributed by atoms with Gasteiger partial charge in [0.1, 0.15) is 0 Å². The van der Waals surface area contributed by atoms with E-state index < -0.39 is 17.7 Å². The van der Waals surface area contributed by atoms with Crippen LogP contribution in [0.2, 0.25) is 0 Å². The van der Waals surface area contributed by atoms with E-state index in [9.17, 15) is 24.3 Å². The number of carbonyl (C=O) groups excluding carboxylic acids is 4. The molecular formula is C8H5N3O5. The van der Waals surface area contributed by atoms with Crippen LogP contribution in [0.4, 0.5) is 0 Å². The lowest BCUT2D eigenvalue weighted by molar-refractivity contribution is -0.125. The highest BCUT2D eigenvalue weighted by molar-refractivity contribution is 5.94. The highest BCUT2D eigenvalue weighted by Crippen LogP contribution is 2.20. The molecule has 0 aliphatic carbocycles. The monoisotopic (exact) mass is 223 g/mol. The van der Waals surface area contributed by atoms with Crippen LogP contribution in [0.3, 0.4) is 0 Å². The van der Waals surface area contributed by atoms with Crippen LogP contribution in [-0.4, -0.2) is 41.0 Å². The van der Waals surface area contributed by atoms with E-state index in [1.54, 1.807) is 0 Å². The number of aliphatic hydroxyl groups excluding tert-OH is 1. The van der Waals surface area contributed by atoms with Crippen molar-refractivity contribution in [2.75, 3.05) is 0 Å². The van der Waals surface area contributed by atoms with E-state index in [1.807, 2.05) is 0 Å². The van der Waals surface area contributed by atoms with Gasteiger partial charge < -0.3 is 5.11 Å². The molecular weight excluding hydrogens is 218 g/mol. The Morgan fingerprint density at radius 1 is 1.19 bits per heavy atom. The van der Waals surface area contributed by atoms with Gasteiger partial charge in [-0.3, -0.25) is 4.79 Å². The average Bonchev–Trinajstić information content (AvgIpc) is 2.28. The zero-order valence-corrected chi connectivity index (χ0v) is 7.78. The third kappa shape index (κ3) is 2.75. The number of hydrogen-bond acceptors (Lipinski definition) is 8. The summed E-state index contributed by atoms with van der Waals surface area (Å²) in [5, 5.41) is 9.38. The van der Waals surface area contributed by atoms with Crippen LogP contribution in [-0.2, 0) is 19.2 Å². The summed E-state index contributed by atoms with van der Waals surface area (Å²) in [6.07, 6.45) is 1.29. The second-order valence-electron chi connectivity index (χ2n) is 2.31. The minimum absolute atomic E-state index is 0.681. The molecule has 0 aromatic heterocycles. The van der Waals surface area contributed by atoms with Gasteiger partial charge in [0.15, 0.2) is 11.9 Å². The van der Waals surface area contributed by atoms with Crippen molar-refractivity contribution < 1.29 is 24.3 Å². The van der Waals surface area contributed by atoms with E-state index >= 15 is 0 Å². The molecule has 8 heteroatoms. The van der Waals surface area contributed by atoms with Gasteiger partial charge >= 0.3 is 5.79 Å². The Morgan fingerprint density at radius 3 is 1.81 bits per heavy atom. The van der Waals surface area contributed by atoms with Crippen LogP contribution in [0.25, 0.3) is 0 Å². The van der Waals surface area contributed by atoms with Crippen LogP contribution in [0.15, 0.2) is 27.6 Å². The van der Waals surface area contributed by atoms with E-state index in [4.69, 9.17) is 0 Å². The molecule has 0 amide bonds. The van der Waals surface area contributed by atoms with Gasteiger partial charge in [0.2, 0.25) is 18.2 Å². The Balaban J connectivity index is 5.76. The molecule has 0 aromatic carbocycles. The number of ketones is 1. The van der Waals surface area contributed by atoms with Gasteiger partial charge in [-0.15, -0.1) is 15.0 Å². The van der Waals surface area contributed by atoms with E-state index in [-0.39, 0.29) is 0 Å². The van der Waals surface area contributed by atoms with Crippen LogP contribution in [0, 0.1) is 0 Å². The molecule has 0 aliphatic heterocycles. The Bertz CT molecular complexity index is 393. The second-order valence-corrected chi connectivity index (χ2v) is 2.31. The summed E-state index contributed by atoms with van der Waals surface area (Å²) in [6.45, 7) is 3.05. The molecule has 82 valence electrons. The third-order valence-electron chi connectivity index (χ3n) is 1.47. The zero-order chi connectivity index (χ0) is 12.6. The Kier molecular flexibility index (Phi) is 5.13. The van der Waals surface area contributed by atoms with Crippen LogP contribution in [0.5, 0.6) is 0 Å². The van der Waals surface area contributed by atoms with Crippen molar-refractivity contribution in [2.45, 2.75) is 11.9 Å². The number of nitrogens with zero attached hydrogens (tertiary/aromatic N) is 3.